The van der Waals surface area contributed by atoms with Crippen LogP contribution in [-0.4, -0.2) is 58.9 Å². The van der Waals surface area contributed by atoms with Crippen LogP contribution in [0.5, 0.6) is 0 Å². The summed E-state index contributed by atoms with van der Waals surface area (Å²) < 4.78 is 15.9. The summed E-state index contributed by atoms with van der Waals surface area (Å²) in [5.41, 5.74) is 3.11. The smallest absolute Gasteiger partial charge is 0.270 e. The highest BCUT2D eigenvalue weighted by atomic mass is 35.5. The van der Waals surface area contributed by atoms with Gasteiger partial charge >= 0.3 is 0 Å². The molecule has 190 valence electrons. The van der Waals surface area contributed by atoms with Crippen LogP contribution < -0.4 is 5.32 Å². The van der Waals surface area contributed by atoms with Crippen molar-refractivity contribution in [3.8, 4) is 0 Å². The van der Waals surface area contributed by atoms with Gasteiger partial charge in [-0.1, -0.05) is 42.8 Å². The molecule has 0 saturated carbocycles. The second-order valence-electron chi connectivity index (χ2n) is 9.18. The number of rotatable bonds is 6. The Morgan fingerprint density at radius 3 is 2.46 bits per heavy atom. The average molecular weight is 519 g/mol. The summed E-state index contributed by atoms with van der Waals surface area (Å²) in [4.78, 5) is 30.6. The molecule has 8 heteroatoms. The van der Waals surface area contributed by atoms with Crippen molar-refractivity contribution < 1.29 is 14.0 Å². The van der Waals surface area contributed by atoms with Gasteiger partial charge in [0.1, 0.15) is 11.5 Å². The number of carbonyl (C=O) groups excluding carboxylic acids is 2. The van der Waals surface area contributed by atoms with Crippen LogP contribution in [0.4, 0.5) is 10.1 Å². The third kappa shape index (κ3) is 5.38. The van der Waals surface area contributed by atoms with Crippen LogP contribution in [0, 0.1) is 5.82 Å². The number of halogens is 2. The molecular formula is C29H28ClFN4O2. The molecule has 6 nitrogen and oxygen atoms in total. The third-order valence-corrected chi connectivity index (χ3v) is 7.16. The molecule has 0 aliphatic carbocycles. The van der Waals surface area contributed by atoms with Gasteiger partial charge < -0.3 is 19.7 Å². The molecule has 3 aromatic carbocycles. The minimum absolute atomic E-state index is 0.0509. The Morgan fingerprint density at radius 1 is 0.946 bits per heavy atom. The van der Waals surface area contributed by atoms with Crippen LogP contribution in [0.2, 0.25) is 5.02 Å². The lowest BCUT2D eigenvalue weighted by atomic mass is 10.2. The van der Waals surface area contributed by atoms with Gasteiger partial charge in [-0.15, -0.1) is 0 Å². The van der Waals surface area contributed by atoms with Crippen molar-refractivity contribution in [3.05, 3.63) is 100 Å². The lowest BCUT2D eigenvalue weighted by molar-refractivity contribution is 0.0633. The number of aromatic nitrogens is 1. The quantitative estimate of drug-likeness (QED) is 0.366. The number of hydrogen-bond acceptors (Lipinski definition) is 3. The van der Waals surface area contributed by atoms with Crippen molar-refractivity contribution in [1.82, 2.24) is 14.4 Å². The van der Waals surface area contributed by atoms with Crippen molar-refractivity contribution in [1.29, 1.82) is 0 Å². The average Bonchev–Trinajstić information content (AvgIpc) is 3.25. The summed E-state index contributed by atoms with van der Waals surface area (Å²) in [5.74, 6) is -0.679. The molecule has 1 aliphatic rings. The predicted octanol–water partition coefficient (Wildman–Crippen LogP) is 5.51. The molecule has 2 amide bonds. The zero-order chi connectivity index (χ0) is 25.9. The fourth-order valence-corrected chi connectivity index (χ4v) is 5.01. The fourth-order valence-electron chi connectivity index (χ4n) is 4.79. The summed E-state index contributed by atoms with van der Waals surface area (Å²) in [7, 11) is 0. The van der Waals surface area contributed by atoms with Crippen molar-refractivity contribution in [2.24, 2.45) is 0 Å². The van der Waals surface area contributed by atoms with Gasteiger partial charge in [-0.05, 0) is 60.6 Å². The van der Waals surface area contributed by atoms with Gasteiger partial charge in [-0.2, -0.15) is 0 Å². The van der Waals surface area contributed by atoms with E-state index in [1.807, 2.05) is 33.7 Å². The maximum Gasteiger partial charge on any atom is 0.270 e. The first-order valence-corrected chi connectivity index (χ1v) is 12.8. The molecule has 1 N–H and O–H groups in total. The Bertz CT molecular complexity index is 1460. The lowest BCUT2D eigenvalue weighted by Gasteiger charge is -2.34. The van der Waals surface area contributed by atoms with Crippen molar-refractivity contribution in [3.63, 3.8) is 0 Å². The molecule has 37 heavy (non-hydrogen) atoms. The van der Waals surface area contributed by atoms with Gasteiger partial charge in [0, 0.05) is 49.3 Å². The molecule has 1 fully saturated rings. The van der Waals surface area contributed by atoms with E-state index in [0.717, 1.165) is 36.1 Å². The van der Waals surface area contributed by atoms with Crippen molar-refractivity contribution in [2.75, 3.05) is 38.0 Å². The maximum atomic E-state index is 13.9. The topological polar surface area (TPSA) is 57.6 Å². The van der Waals surface area contributed by atoms with E-state index < -0.39 is 0 Å². The molecule has 2 heterocycles. The summed E-state index contributed by atoms with van der Waals surface area (Å²) in [5, 5.41) is 4.08. The predicted molar refractivity (Wildman–Crippen MR) is 145 cm³/mol. The normalized spacial score (nSPS) is 14.2. The van der Waals surface area contributed by atoms with E-state index in [0.29, 0.717) is 41.6 Å². The largest absolute Gasteiger partial charge is 0.335 e. The summed E-state index contributed by atoms with van der Waals surface area (Å²) in [6, 6.07) is 20.7. The molecule has 1 aliphatic heterocycles. The van der Waals surface area contributed by atoms with Gasteiger partial charge in [0.2, 0.25) is 0 Å². The molecule has 0 spiro atoms. The number of piperazine rings is 1. The van der Waals surface area contributed by atoms with E-state index in [-0.39, 0.29) is 17.6 Å². The molecule has 5 rings (SSSR count). The Kier molecular flexibility index (Phi) is 7.26. The highest BCUT2D eigenvalue weighted by Crippen LogP contribution is 2.27. The van der Waals surface area contributed by atoms with Crippen LogP contribution in [0.3, 0.4) is 0 Å². The number of carbonyl (C=O) groups is 2. The second-order valence-corrected chi connectivity index (χ2v) is 9.59. The molecule has 0 radical (unpaired) electrons. The highest BCUT2D eigenvalue weighted by Gasteiger charge is 2.25. The first-order valence-electron chi connectivity index (χ1n) is 12.4. The van der Waals surface area contributed by atoms with Crippen LogP contribution >= 0.6 is 11.6 Å². The molecule has 0 unspecified atom stereocenters. The molecule has 1 saturated heterocycles. The summed E-state index contributed by atoms with van der Waals surface area (Å²) in [6.45, 7) is 6.43. The molecular weight excluding hydrogens is 491 g/mol. The number of amides is 2. The monoisotopic (exact) mass is 518 g/mol. The number of nitrogens with one attached hydrogen (secondary N) is 1. The summed E-state index contributed by atoms with van der Waals surface area (Å²) in [6.07, 6.45) is 0. The van der Waals surface area contributed by atoms with E-state index in [4.69, 9.17) is 11.6 Å². The van der Waals surface area contributed by atoms with E-state index in [1.54, 1.807) is 36.4 Å². The highest BCUT2D eigenvalue weighted by molar-refractivity contribution is 6.34. The Morgan fingerprint density at radius 2 is 1.73 bits per heavy atom. The first-order chi connectivity index (χ1) is 17.9. The van der Waals surface area contributed by atoms with Gasteiger partial charge in [-0.25, -0.2) is 4.39 Å². The first kappa shape index (κ1) is 25.0. The standard InChI is InChI=1S/C29H28ClFN4O2/c1-2-33-12-14-34(15-13-33)29(37)27-18-21-17-23(32-28(36)24-8-3-4-9-25(24)30)10-11-26(21)35(27)19-20-6-5-7-22(31)16-20/h3-11,16-18H,2,12-15,19H2,1H3,(H,32,36). The number of anilines is 1. The second kappa shape index (κ2) is 10.7. The minimum Gasteiger partial charge on any atom is -0.335 e. The van der Waals surface area contributed by atoms with Crippen molar-refractivity contribution in [2.45, 2.75) is 13.5 Å². The molecule has 4 aromatic rings. The maximum absolute atomic E-state index is 13.9. The van der Waals surface area contributed by atoms with Crippen LogP contribution in [0.25, 0.3) is 10.9 Å². The van der Waals surface area contributed by atoms with Gasteiger partial charge in [-0.3, -0.25) is 9.59 Å². The molecule has 1 aromatic heterocycles. The van der Waals surface area contributed by atoms with Gasteiger partial charge in [0.05, 0.1) is 10.6 Å². The third-order valence-electron chi connectivity index (χ3n) is 6.83. The Labute approximate surface area is 220 Å². The minimum atomic E-state index is -0.318. The van der Waals surface area contributed by atoms with E-state index >= 15 is 0 Å². The number of likely N-dealkylation sites (N-methyl/N-ethyl adjacent to an activating group) is 1. The van der Waals surface area contributed by atoms with Crippen LogP contribution in [-0.2, 0) is 6.54 Å². The van der Waals surface area contributed by atoms with E-state index in [1.165, 1.54) is 12.1 Å². The van der Waals surface area contributed by atoms with E-state index in [2.05, 4.69) is 17.1 Å². The fraction of sp³-hybridized carbons (Fsp3) is 0.241. The van der Waals surface area contributed by atoms with E-state index in [9.17, 15) is 14.0 Å². The number of fused-ring (bicyclic) bond motifs is 1. The lowest BCUT2D eigenvalue weighted by Crippen LogP contribution is -2.48. The van der Waals surface area contributed by atoms with Crippen LogP contribution in [0.15, 0.2) is 72.8 Å². The number of benzene rings is 3. The van der Waals surface area contributed by atoms with Gasteiger partial charge in [0.15, 0.2) is 0 Å². The zero-order valence-corrected chi connectivity index (χ0v) is 21.3. The van der Waals surface area contributed by atoms with Gasteiger partial charge in [0.25, 0.3) is 11.8 Å². The Balaban J connectivity index is 1.49. The summed E-state index contributed by atoms with van der Waals surface area (Å²) >= 11 is 6.18. The van der Waals surface area contributed by atoms with Crippen molar-refractivity contribution >= 4 is 40.0 Å². The molecule has 0 bridgehead atoms. The molecule has 0 atom stereocenters. The number of hydrogen-bond donors (Lipinski definition) is 1. The Hall–Kier alpha value is -3.68. The SMILES string of the molecule is CCN1CCN(C(=O)c2cc3cc(NC(=O)c4ccccc4Cl)ccc3n2Cc2cccc(F)c2)CC1. The van der Waals surface area contributed by atoms with Crippen LogP contribution in [0.1, 0.15) is 33.3 Å². The zero-order valence-electron chi connectivity index (χ0n) is 20.6. The number of nitrogens with zero attached hydrogens (tertiary/aromatic N) is 3.